The van der Waals surface area contributed by atoms with Gasteiger partial charge in [-0.3, -0.25) is 8.80 Å². The van der Waals surface area contributed by atoms with Gasteiger partial charge in [0.25, 0.3) is 0 Å². The van der Waals surface area contributed by atoms with E-state index in [2.05, 4.69) is 0 Å². The van der Waals surface area contributed by atoms with Crippen molar-refractivity contribution in [1.82, 2.24) is 18.8 Å². The lowest BCUT2D eigenvalue weighted by Gasteiger charge is -2.26. The van der Waals surface area contributed by atoms with Gasteiger partial charge in [0, 0.05) is 68.8 Å². The van der Waals surface area contributed by atoms with E-state index < -0.39 is 36.3 Å². The Morgan fingerprint density at radius 3 is 1.10 bits per heavy atom. The first-order chi connectivity index (χ1) is 37.9. The monoisotopic (exact) mass is 882 g/mol. The topological polar surface area (TPSA) is 41.1 Å². The lowest BCUT2D eigenvalue weighted by molar-refractivity contribution is 1.19. The summed E-state index contributed by atoms with van der Waals surface area (Å²) >= 11 is 0. The molecule has 0 bridgehead atoms. The molecule has 0 fully saturated rings. The Morgan fingerprint density at radius 2 is 0.691 bits per heavy atom. The minimum Gasteiger partial charge on any atom is -0.310 e. The molecule has 6 heteroatoms. The van der Waals surface area contributed by atoms with Gasteiger partial charge in [-0.05, 0) is 108 Å². The molecule has 6 nitrogen and oxygen atoms in total. The van der Waals surface area contributed by atoms with Gasteiger partial charge < -0.3 is 9.80 Å². The van der Waals surface area contributed by atoms with Gasteiger partial charge in [0.2, 0.25) is 0 Å². The van der Waals surface area contributed by atoms with E-state index in [-0.39, 0.29) is 35.5 Å². The molecule has 0 atom stereocenters. The van der Waals surface area contributed by atoms with E-state index >= 15 is 0 Å². The zero-order chi connectivity index (χ0) is 53.9. The highest BCUT2D eigenvalue weighted by Gasteiger charge is 2.21. The molecule has 0 unspecified atom stereocenters. The maximum atomic E-state index is 9.15. The minimum absolute atomic E-state index is 0.0252. The molecule has 322 valence electrons. The van der Waals surface area contributed by atoms with Crippen molar-refractivity contribution in [2.45, 2.75) is 0 Å². The van der Waals surface area contributed by atoms with Gasteiger partial charge in [0.05, 0.1) is 36.5 Å². The van der Waals surface area contributed by atoms with Crippen molar-refractivity contribution in [2.75, 3.05) is 9.80 Å². The second-order valence-electron chi connectivity index (χ2n) is 16.0. The molecule has 0 aliphatic carbocycles. The molecule has 8 aromatic carbocycles. The van der Waals surface area contributed by atoms with E-state index in [0.717, 1.165) is 56.1 Å². The van der Waals surface area contributed by atoms with Gasteiger partial charge in [0.1, 0.15) is 11.3 Å². The van der Waals surface area contributed by atoms with Crippen LogP contribution in [0.4, 0.5) is 34.1 Å². The van der Waals surface area contributed by atoms with Crippen LogP contribution in [-0.2, 0) is 0 Å². The molecular formula is C62H44N6. The lowest BCUT2D eigenvalue weighted by atomic mass is 10.0. The van der Waals surface area contributed by atoms with E-state index in [0.29, 0.717) is 34.1 Å². The number of aromatic nitrogens is 4. The molecule has 0 amide bonds. The third kappa shape index (κ3) is 7.56. The van der Waals surface area contributed by atoms with Gasteiger partial charge in [-0.2, -0.15) is 0 Å². The van der Waals surface area contributed by atoms with Crippen LogP contribution in [0.25, 0.3) is 67.5 Å². The van der Waals surface area contributed by atoms with E-state index in [1.54, 1.807) is 9.80 Å². The molecule has 68 heavy (non-hydrogen) atoms. The minimum atomic E-state index is -0.500. The molecular weight excluding hydrogens is 829 g/mol. The number of imidazole rings is 2. The number of hydrogen-bond acceptors (Lipinski definition) is 4. The molecule has 0 radical (unpaired) electrons. The van der Waals surface area contributed by atoms with E-state index in [1.165, 1.54) is 0 Å². The molecule has 4 aromatic heterocycles. The summed E-state index contributed by atoms with van der Waals surface area (Å²) in [5.74, 6) is 0. The van der Waals surface area contributed by atoms with Crippen molar-refractivity contribution < 1.29 is 13.7 Å². The molecule has 0 aliphatic heterocycles. The summed E-state index contributed by atoms with van der Waals surface area (Å²) in [6.45, 7) is 0. The number of pyridine rings is 2. The summed E-state index contributed by atoms with van der Waals surface area (Å²) < 4.78 is 92.3. The summed E-state index contributed by atoms with van der Waals surface area (Å²) in [5.41, 5.74) is 11.7. The van der Waals surface area contributed by atoms with E-state index in [9.17, 15) is 0 Å². The van der Waals surface area contributed by atoms with Crippen LogP contribution < -0.4 is 9.80 Å². The fourth-order valence-electron chi connectivity index (χ4n) is 8.85. The summed E-state index contributed by atoms with van der Waals surface area (Å²) in [6, 6.07) is 57.3. The summed E-state index contributed by atoms with van der Waals surface area (Å²) in [6.07, 6.45) is 3.93. The lowest BCUT2D eigenvalue weighted by Crippen LogP contribution is -2.10. The number of rotatable bonds is 11. The largest absolute Gasteiger partial charge is 0.310 e. The number of hydrogen-bond donors (Lipinski definition) is 0. The van der Waals surface area contributed by atoms with Crippen molar-refractivity contribution in [3.05, 3.63) is 267 Å². The van der Waals surface area contributed by atoms with E-state index in [1.807, 2.05) is 215 Å². The van der Waals surface area contributed by atoms with Crippen molar-refractivity contribution >= 4 is 45.4 Å². The Morgan fingerprint density at radius 1 is 0.309 bits per heavy atom. The number of para-hydroxylation sites is 2. The average Bonchev–Trinajstić information content (AvgIpc) is 4.12. The average molecular weight is 883 g/mol. The first kappa shape index (κ1) is 30.8. The van der Waals surface area contributed by atoms with Crippen LogP contribution in [-0.4, -0.2) is 18.8 Å². The molecule has 12 rings (SSSR count). The second-order valence-corrected chi connectivity index (χ2v) is 16.0. The summed E-state index contributed by atoms with van der Waals surface area (Å²) in [4.78, 5) is 13.5. The van der Waals surface area contributed by atoms with Crippen molar-refractivity contribution in [3.63, 3.8) is 0 Å². The predicted octanol–water partition coefficient (Wildman–Crippen LogP) is 16.3. The van der Waals surface area contributed by atoms with Crippen molar-refractivity contribution in [2.24, 2.45) is 0 Å². The highest BCUT2D eigenvalue weighted by Crippen LogP contribution is 2.42. The van der Waals surface area contributed by atoms with Crippen molar-refractivity contribution in [3.8, 4) is 56.2 Å². The van der Waals surface area contributed by atoms with Gasteiger partial charge in [-0.1, -0.05) is 158 Å². The second kappa shape index (κ2) is 17.6. The Balaban J connectivity index is 0.952. The Kier molecular flexibility index (Phi) is 7.98. The normalized spacial score (nSPS) is 13.3. The van der Waals surface area contributed by atoms with Crippen molar-refractivity contribution in [1.29, 1.82) is 0 Å². The van der Waals surface area contributed by atoms with Crippen LogP contribution in [0.2, 0.25) is 0 Å². The van der Waals surface area contributed by atoms with Crippen LogP contribution >= 0.6 is 0 Å². The van der Waals surface area contributed by atoms with E-state index in [4.69, 9.17) is 23.7 Å². The van der Waals surface area contributed by atoms with Crippen LogP contribution in [0, 0.1) is 0 Å². The molecule has 0 N–H and O–H groups in total. The molecule has 4 heterocycles. The van der Waals surface area contributed by atoms with Gasteiger partial charge in [-0.25, -0.2) is 9.97 Å². The highest BCUT2D eigenvalue weighted by molar-refractivity contribution is 5.88. The van der Waals surface area contributed by atoms with Gasteiger partial charge in [-0.15, -0.1) is 0 Å². The molecule has 0 saturated carbocycles. The van der Waals surface area contributed by atoms with Crippen LogP contribution in [0.5, 0.6) is 0 Å². The number of nitrogens with zero attached hydrogens (tertiary/aromatic N) is 6. The summed E-state index contributed by atoms with van der Waals surface area (Å²) in [5, 5.41) is 0. The number of benzene rings is 8. The van der Waals surface area contributed by atoms with Gasteiger partial charge >= 0.3 is 0 Å². The third-order valence-corrected chi connectivity index (χ3v) is 11.9. The van der Waals surface area contributed by atoms with Crippen LogP contribution in [0.1, 0.15) is 13.7 Å². The predicted molar refractivity (Wildman–Crippen MR) is 280 cm³/mol. The zero-order valence-electron chi connectivity index (χ0n) is 46.3. The molecule has 0 spiro atoms. The quantitative estimate of drug-likeness (QED) is 0.130. The fourth-order valence-corrected chi connectivity index (χ4v) is 8.85. The summed E-state index contributed by atoms with van der Waals surface area (Å²) in [7, 11) is 0. The van der Waals surface area contributed by atoms with Crippen LogP contribution in [0.15, 0.2) is 267 Å². The molecule has 0 aliphatic rings. The molecule has 0 saturated heterocycles. The Hall–Kier alpha value is -9.26. The van der Waals surface area contributed by atoms with Crippen LogP contribution in [0.3, 0.4) is 0 Å². The van der Waals surface area contributed by atoms with Gasteiger partial charge in [0.15, 0.2) is 0 Å². The Bertz CT molecular complexity index is 3950. The standard InChI is InChI=1S/C62H44N6/c1-5-19-47(20-6-1)61-59(63-57-31-13-15-41-65(57)61)49-23-17-29-55(43-49)67(51-25-9-3-10-26-51)53-37-33-45(34-38-53)46-35-39-54(40-36-46)68(52-27-11-4-12-28-52)56-30-18-24-50(44-56)60-62(48-21-7-2-8-22-48)66-42-16-14-32-58(66)64-60/h1-44H/i3D,4D,9D,10D,11D,12D,25D,26D,27D,28D. The smallest absolute Gasteiger partial charge is 0.137 e. The maximum absolute atomic E-state index is 9.15. The highest BCUT2D eigenvalue weighted by atomic mass is 15.1. The first-order valence-corrected chi connectivity index (χ1v) is 22.1. The third-order valence-electron chi connectivity index (χ3n) is 11.9. The number of anilines is 6. The SMILES string of the molecule is [2H]c1c([2H])c([2H])c(N(c2ccc(-c3ccc(N(c4cccc(-c5nc6ccccn6c5-c5ccccc5)c4)c4c([2H])c([2H])c([2H])c([2H])c4[2H])cc3)cc2)c2cccc(-c3nc4ccccn4c3-c3ccccc3)c2)c([2H])c1[2H]. The Labute approximate surface area is 409 Å². The first-order valence-electron chi connectivity index (χ1n) is 27.1. The zero-order valence-corrected chi connectivity index (χ0v) is 36.3. The maximum Gasteiger partial charge on any atom is 0.137 e. The molecule has 12 aromatic rings. The fraction of sp³-hybridized carbons (Fsp3) is 0. The number of fused-ring (bicyclic) bond motifs is 2.